The Labute approximate surface area is 208 Å². The number of aromatic nitrogens is 3. The monoisotopic (exact) mass is 498 g/mol. The number of ether oxygens (including phenoxy) is 2. The summed E-state index contributed by atoms with van der Waals surface area (Å²) in [5.41, 5.74) is 1.05. The van der Waals surface area contributed by atoms with Crippen LogP contribution in [0.1, 0.15) is 37.5 Å². The molecule has 9 nitrogen and oxygen atoms in total. The highest BCUT2D eigenvalue weighted by Crippen LogP contribution is 2.19. The number of hydrogen-bond acceptors (Lipinski definition) is 7. The van der Waals surface area contributed by atoms with Gasteiger partial charge in [0, 0.05) is 17.8 Å². The molecule has 0 spiro atoms. The highest BCUT2D eigenvalue weighted by Gasteiger charge is 2.20. The molecule has 3 aromatic rings. The number of hydrogen-bond donors (Lipinski definition) is 1. The van der Waals surface area contributed by atoms with Crippen molar-refractivity contribution < 1.29 is 18.7 Å². The van der Waals surface area contributed by atoms with E-state index in [9.17, 15) is 18.8 Å². The molecule has 0 amide bonds. The Morgan fingerprint density at radius 2 is 1.78 bits per heavy atom. The smallest absolute Gasteiger partial charge is 0.354 e. The van der Waals surface area contributed by atoms with Crippen LogP contribution in [0.2, 0.25) is 0 Å². The molecule has 0 bridgehead atoms. The molecule has 1 N–H and O–H groups in total. The second kappa shape index (κ2) is 11.8. The van der Waals surface area contributed by atoms with Crippen molar-refractivity contribution in [2.75, 3.05) is 12.4 Å². The Bertz CT molecular complexity index is 1330. The van der Waals surface area contributed by atoms with Crippen molar-refractivity contribution in [3.63, 3.8) is 0 Å². The highest BCUT2D eigenvalue weighted by molar-refractivity contribution is 5.71. The number of carbonyl (C=O) groups excluding carboxylic acids is 1. The first-order valence-corrected chi connectivity index (χ1v) is 11.6. The number of nitrogens with one attached hydrogen (secondary N) is 1. The quantitative estimate of drug-likeness (QED) is 0.427. The molecule has 0 unspecified atom stereocenters. The summed E-state index contributed by atoms with van der Waals surface area (Å²) in [4.78, 5) is 42.1. The van der Waals surface area contributed by atoms with Gasteiger partial charge in [-0.3, -0.25) is 9.36 Å². The predicted molar refractivity (Wildman–Crippen MR) is 134 cm³/mol. The minimum absolute atomic E-state index is 0.0434. The van der Waals surface area contributed by atoms with Crippen LogP contribution in [0.25, 0.3) is 0 Å². The van der Waals surface area contributed by atoms with E-state index in [4.69, 9.17) is 9.47 Å². The van der Waals surface area contributed by atoms with E-state index in [1.807, 2.05) is 45.0 Å². The zero-order valence-corrected chi connectivity index (χ0v) is 21.1. The van der Waals surface area contributed by atoms with E-state index in [0.29, 0.717) is 11.3 Å². The first kappa shape index (κ1) is 26.8. The second-order valence-electron chi connectivity index (χ2n) is 8.90. The minimum atomic E-state index is -0.833. The standard InChI is InChI=1S/C26H31FN4O5/c1-16(2)36-15-20-10-11-21(12-22(20)27)28-24-29-25(33)31(13-18(4)23(32)35-5)26(34)30(24)14-19-8-6-17(3)7-9-19/h6-12,16,18H,13-15H2,1-5H3,(H,28,29,33)/t18-/m0/s1. The van der Waals surface area contributed by atoms with Crippen LogP contribution in [0.4, 0.5) is 16.0 Å². The Hall–Kier alpha value is -3.79. The maximum Gasteiger partial charge on any atom is 0.354 e. The summed E-state index contributed by atoms with van der Waals surface area (Å²) >= 11 is 0. The van der Waals surface area contributed by atoms with Gasteiger partial charge in [-0.05, 0) is 38.5 Å². The van der Waals surface area contributed by atoms with Gasteiger partial charge in [0.25, 0.3) is 0 Å². The SMILES string of the molecule is COC(=O)[C@@H](C)Cn1c(=O)nc(Nc2ccc(COC(C)C)c(F)c2)n(Cc2ccc(C)cc2)c1=O. The normalized spacial score (nSPS) is 12.0. The summed E-state index contributed by atoms with van der Waals surface area (Å²) in [6.07, 6.45) is -0.0454. The zero-order valence-electron chi connectivity index (χ0n) is 21.1. The first-order chi connectivity index (χ1) is 17.1. The molecule has 10 heteroatoms. The van der Waals surface area contributed by atoms with Gasteiger partial charge in [0.05, 0.1) is 32.3 Å². The van der Waals surface area contributed by atoms with Gasteiger partial charge in [-0.15, -0.1) is 0 Å². The molecule has 1 heterocycles. The Morgan fingerprint density at radius 3 is 2.39 bits per heavy atom. The van der Waals surface area contributed by atoms with E-state index >= 15 is 0 Å². The Balaban J connectivity index is 2.01. The molecule has 192 valence electrons. The number of aryl methyl sites for hydroxylation is 1. The lowest BCUT2D eigenvalue weighted by molar-refractivity contribution is -0.145. The van der Waals surface area contributed by atoms with Crippen LogP contribution in [0.5, 0.6) is 0 Å². The van der Waals surface area contributed by atoms with Crippen molar-refractivity contribution in [1.82, 2.24) is 14.1 Å². The van der Waals surface area contributed by atoms with Crippen molar-refractivity contribution in [2.24, 2.45) is 5.92 Å². The number of rotatable bonds is 10. The average molecular weight is 499 g/mol. The maximum atomic E-state index is 14.6. The highest BCUT2D eigenvalue weighted by atomic mass is 19.1. The van der Waals surface area contributed by atoms with Crippen molar-refractivity contribution in [3.05, 3.63) is 85.9 Å². The molecule has 2 aromatic carbocycles. The summed E-state index contributed by atoms with van der Waals surface area (Å²) in [5.74, 6) is -1.82. The van der Waals surface area contributed by atoms with Gasteiger partial charge in [0.15, 0.2) is 0 Å². The van der Waals surface area contributed by atoms with Crippen LogP contribution < -0.4 is 16.7 Å². The third kappa shape index (κ3) is 6.66. The van der Waals surface area contributed by atoms with Crippen LogP contribution >= 0.6 is 0 Å². The molecule has 1 aromatic heterocycles. The molecule has 0 saturated heterocycles. The first-order valence-electron chi connectivity index (χ1n) is 11.6. The van der Waals surface area contributed by atoms with E-state index in [0.717, 1.165) is 15.7 Å². The molecule has 0 saturated carbocycles. The largest absolute Gasteiger partial charge is 0.469 e. The van der Waals surface area contributed by atoms with Gasteiger partial charge < -0.3 is 14.8 Å². The van der Waals surface area contributed by atoms with E-state index in [2.05, 4.69) is 10.3 Å². The maximum absolute atomic E-state index is 14.6. The molecule has 0 aliphatic rings. The number of nitrogens with zero attached hydrogens (tertiary/aromatic N) is 3. The summed E-state index contributed by atoms with van der Waals surface area (Å²) in [5, 5.41) is 2.90. The number of benzene rings is 2. The van der Waals surface area contributed by atoms with Crippen LogP contribution in [-0.4, -0.2) is 33.3 Å². The summed E-state index contributed by atoms with van der Waals surface area (Å²) in [6, 6.07) is 12.0. The van der Waals surface area contributed by atoms with Gasteiger partial charge in [0.1, 0.15) is 5.82 Å². The molecule has 1 atom stereocenters. The van der Waals surface area contributed by atoms with Crippen molar-refractivity contribution in [2.45, 2.75) is 53.5 Å². The molecule has 3 rings (SSSR count). The lowest BCUT2D eigenvalue weighted by Crippen LogP contribution is -2.44. The molecule has 0 fully saturated rings. The van der Waals surface area contributed by atoms with Crippen LogP contribution in [0, 0.1) is 18.7 Å². The van der Waals surface area contributed by atoms with Crippen molar-refractivity contribution in [3.8, 4) is 0 Å². The summed E-state index contributed by atoms with van der Waals surface area (Å²) in [7, 11) is 1.24. The average Bonchev–Trinajstić information content (AvgIpc) is 2.84. The van der Waals surface area contributed by atoms with Crippen molar-refractivity contribution >= 4 is 17.6 Å². The topological polar surface area (TPSA) is 104 Å². The lowest BCUT2D eigenvalue weighted by atomic mass is 10.1. The minimum Gasteiger partial charge on any atom is -0.469 e. The van der Waals surface area contributed by atoms with Gasteiger partial charge in [0.2, 0.25) is 5.95 Å². The molecular weight excluding hydrogens is 467 g/mol. The van der Waals surface area contributed by atoms with E-state index in [-0.39, 0.29) is 31.7 Å². The fourth-order valence-electron chi connectivity index (χ4n) is 3.48. The van der Waals surface area contributed by atoms with Crippen LogP contribution in [0.15, 0.2) is 52.1 Å². The molecular formula is C26H31FN4O5. The van der Waals surface area contributed by atoms with Crippen LogP contribution in [0.3, 0.4) is 0 Å². The Kier molecular flexibility index (Phi) is 8.76. The lowest BCUT2D eigenvalue weighted by Gasteiger charge is -2.17. The fraction of sp³-hybridized carbons (Fsp3) is 0.385. The zero-order chi connectivity index (χ0) is 26.4. The van der Waals surface area contributed by atoms with Crippen LogP contribution in [-0.2, 0) is 34.0 Å². The fourth-order valence-corrected chi connectivity index (χ4v) is 3.48. The van der Waals surface area contributed by atoms with E-state index < -0.39 is 29.1 Å². The molecule has 0 aliphatic heterocycles. The van der Waals surface area contributed by atoms with Crippen molar-refractivity contribution in [1.29, 1.82) is 0 Å². The second-order valence-corrected chi connectivity index (χ2v) is 8.90. The van der Waals surface area contributed by atoms with Gasteiger partial charge >= 0.3 is 17.3 Å². The van der Waals surface area contributed by atoms with Gasteiger partial charge in [-0.25, -0.2) is 18.5 Å². The summed E-state index contributed by atoms with van der Waals surface area (Å²) in [6.45, 7) is 7.26. The van der Waals surface area contributed by atoms with Gasteiger partial charge in [-0.2, -0.15) is 4.98 Å². The number of esters is 1. The Morgan fingerprint density at radius 1 is 1.08 bits per heavy atom. The predicted octanol–water partition coefficient (Wildman–Crippen LogP) is 3.38. The molecule has 0 radical (unpaired) electrons. The number of methoxy groups -OCH3 is 1. The molecule has 36 heavy (non-hydrogen) atoms. The third-order valence-electron chi connectivity index (χ3n) is 5.55. The number of carbonyl (C=O) groups is 1. The number of halogens is 1. The van der Waals surface area contributed by atoms with Gasteiger partial charge in [-0.1, -0.05) is 42.8 Å². The molecule has 0 aliphatic carbocycles. The van der Waals surface area contributed by atoms with E-state index in [1.54, 1.807) is 19.1 Å². The third-order valence-corrected chi connectivity index (χ3v) is 5.55. The summed E-state index contributed by atoms with van der Waals surface area (Å²) < 4.78 is 27.0. The number of anilines is 2. The van der Waals surface area contributed by atoms with E-state index in [1.165, 1.54) is 17.7 Å².